The van der Waals surface area contributed by atoms with Crippen LogP contribution in [0.4, 0.5) is 0 Å². The minimum absolute atomic E-state index is 0.0495. The summed E-state index contributed by atoms with van der Waals surface area (Å²) in [6.07, 6.45) is 0. The first-order chi connectivity index (χ1) is 11.4. The number of ether oxygens (including phenoxy) is 1. The van der Waals surface area contributed by atoms with Crippen LogP contribution < -0.4 is 4.74 Å². The fourth-order valence-electron chi connectivity index (χ4n) is 2.33. The van der Waals surface area contributed by atoms with E-state index in [0.29, 0.717) is 0 Å². The molecular formula is C16H16O3. The Morgan fingerprint density at radius 2 is 1.95 bits per heavy atom. The van der Waals surface area contributed by atoms with Gasteiger partial charge in [-0.25, -0.2) is 0 Å². The van der Waals surface area contributed by atoms with E-state index in [0.717, 1.165) is 17.7 Å². The van der Waals surface area contributed by atoms with Crippen molar-refractivity contribution in [2.24, 2.45) is 0 Å². The Labute approximate surface area is 120 Å². The SMILES string of the molecule is [2H]C([2H])([2H])C1(C([2H])([2H])[2H])Oc2cc(O)cc(O)c2-c2cc(C)ccc21. The van der Waals surface area contributed by atoms with Crippen molar-refractivity contribution in [2.45, 2.75) is 26.2 Å². The molecule has 0 spiro atoms. The molecule has 0 atom stereocenters. The van der Waals surface area contributed by atoms with E-state index in [-0.39, 0.29) is 33.9 Å². The van der Waals surface area contributed by atoms with E-state index in [9.17, 15) is 10.2 Å². The molecule has 2 N–H and O–H groups in total. The predicted octanol–water partition coefficient (Wildman–Crippen LogP) is 3.70. The van der Waals surface area contributed by atoms with Crippen LogP contribution in [-0.4, -0.2) is 10.2 Å². The average Bonchev–Trinajstić information content (AvgIpc) is 2.42. The number of aryl methyl sites for hydroxylation is 1. The van der Waals surface area contributed by atoms with Crippen LogP contribution >= 0.6 is 0 Å². The first-order valence-corrected chi connectivity index (χ1v) is 5.75. The van der Waals surface area contributed by atoms with Crippen LogP contribution in [-0.2, 0) is 5.60 Å². The largest absolute Gasteiger partial charge is 0.508 e. The van der Waals surface area contributed by atoms with E-state index in [1.807, 2.05) is 0 Å². The van der Waals surface area contributed by atoms with Gasteiger partial charge in [-0.15, -0.1) is 0 Å². The summed E-state index contributed by atoms with van der Waals surface area (Å²) < 4.78 is 52.9. The van der Waals surface area contributed by atoms with Crippen molar-refractivity contribution in [3.8, 4) is 28.4 Å². The van der Waals surface area contributed by atoms with Crippen LogP contribution in [0.3, 0.4) is 0 Å². The lowest BCUT2D eigenvalue weighted by Gasteiger charge is -2.35. The summed E-state index contributed by atoms with van der Waals surface area (Å²) in [6.45, 7) is -4.29. The third-order valence-corrected chi connectivity index (χ3v) is 3.15. The molecular weight excluding hydrogens is 240 g/mol. The lowest BCUT2D eigenvalue weighted by Crippen LogP contribution is -2.29. The molecule has 3 rings (SSSR count). The lowest BCUT2D eigenvalue weighted by molar-refractivity contribution is 0.105. The first-order valence-electron chi connectivity index (χ1n) is 8.75. The summed E-state index contributed by atoms with van der Waals surface area (Å²) in [5, 5.41) is 20.0. The van der Waals surface area contributed by atoms with Gasteiger partial charge >= 0.3 is 0 Å². The van der Waals surface area contributed by atoms with Crippen LogP contribution in [0.2, 0.25) is 0 Å². The number of hydrogen-bond donors (Lipinski definition) is 2. The standard InChI is InChI=1S/C16H16O3/c1-9-4-5-12-11(6-9)15-13(18)7-10(17)8-14(15)19-16(12,2)3/h4-8,17-18H,1-3H3/i2D3,3D3. The molecule has 2 aromatic carbocycles. The molecule has 0 aromatic heterocycles. The molecule has 1 aliphatic heterocycles. The van der Waals surface area contributed by atoms with Crippen molar-refractivity contribution >= 4 is 0 Å². The third-order valence-electron chi connectivity index (χ3n) is 3.15. The molecule has 2 aromatic rings. The predicted molar refractivity (Wildman–Crippen MR) is 73.6 cm³/mol. The Kier molecular flexibility index (Phi) is 1.32. The van der Waals surface area contributed by atoms with E-state index in [4.69, 9.17) is 13.0 Å². The minimum Gasteiger partial charge on any atom is -0.508 e. The van der Waals surface area contributed by atoms with Gasteiger partial charge in [-0.1, -0.05) is 23.8 Å². The second kappa shape index (κ2) is 3.67. The molecule has 0 saturated heterocycles. The number of phenolic OH excluding ortho intramolecular Hbond substituents is 2. The summed E-state index contributed by atoms with van der Waals surface area (Å²) in [6, 6.07) is 6.79. The van der Waals surface area contributed by atoms with Crippen molar-refractivity contribution in [3.63, 3.8) is 0 Å². The monoisotopic (exact) mass is 262 g/mol. The Morgan fingerprint density at radius 1 is 1.16 bits per heavy atom. The third kappa shape index (κ3) is 1.73. The summed E-state index contributed by atoms with van der Waals surface area (Å²) in [7, 11) is 0. The molecule has 19 heavy (non-hydrogen) atoms. The normalized spacial score (nSPS) is 21.3. The fourth-order valence-corrected chi connectivity index (χ4v) is 2.33. The van der Waals surface area contributed by atoms with Gasteiger partial charge in [0.05, 0.1) is 5.56 Å². The van der Waals surface area contributed by atoms with E-state index in [2.05, 4.69) is 0 Å². The van der Waals surface area contributed by atoms with Gasteiger partial charge in [0.1, 0.15) is 22.8 Å². The van der Waals surface area contributed by atoms with E-state index in [1.165, 1.54) is 6.07 Å². The molecule has 3 heteroatoms. The molecule has 0 bridgehead atoms. The number of aromatic hydroxyl groups is 2. The van der Waals surface area contributed by atoms with Crippen molar-refractivity contribution in [3.05, 3.63) is 41.5 Å². The molecule has 3 nitrogen and oxygen atoms in total. The van der Waals surface area contributed by atoms with Crippen molar-refractivity contribution < 1.29 is 23.2 Å². The Hall–Kier alpha value is -2.16. The Morgan fingerprint density at radius 3 is 2.68 bits per heavy atom. The molecule has 98 valence electrons. The van der Waals surface area contributed by atoms with Crippen LogP contribution in [0, 0.1) is 6.92 Å². The van der Waals surface area contributed by atoms with Gasteiger partial charge in [-0.3, -0.25) is 0 Å². The maximum Gasteiger partial charge on any atom is 0.135 e. The average molecular weight is 262 g/mol. The van der Waals surface area contributed by atoms with Crippen LogP contribution in [0.15, 0.2) is 30.3 Å². The van der Waals surface area contributed by atoms with Crippen molar-refractivity contribution in [1.82, 2.24) is 0 Å². The van der Waals surface area contributed by atoms with Crippen molar-refractivity contribution in [2.75, 3.05) is 0 Å². The highest BCUT2D eigenvalue weighted by atomic mass is 16.5. The van der Waals surface area contributed by atoms with Gasteiger partial charge in [0.15, 0.2) is 0 Å². The maximum absolute atomic E-state index is 10.2. The zero-order valence-electron chi connectivity index (χ0n) is 16.2. The molecule has 0 amide bonds. The molecule has 0 saturated carbocycles. The fraction of sp³-hybridized carbons (Fsp3) is 0.250. The number of phenols is 2. The van der Waals surface area contributed by atoms with Crippen molar-refractivity contribution in [1.29, 1.82) is 0 Å². The molecule has 0 aliphatic carbocycles. The van der Waals surface area contributed by atoms with E-state index < -0.39 is 19.3 Å². The quantitative estimate of drug-likeness (QED) is 0.761. The molecule has 1 aliphatic rings. The summed E-state index contributed by atoms with van der Waals surface area (Å²) in [4.78, 5) is 0. The van der Waals surface area contributed by atoms with Crippen LogP contribution in [0.5, 0.6) is 17.2 Å². The van der Waals surface area contributed by atoms with Gasteiger partial charge in [0.25, 0.3) is 0 Å². The first kappa shape index (κ1) is 6.85. The molecule has 0 radical (unpaired) electrons. The second-order valence-corrected chi connectivity index (χ2v) is 4.67. The van der Waals surface area contributed by atoms with Gasteiger partial charge < -0.3 is 14.9 Å². The summed E-state index contributed by atoms with van der Waals surface area (Å²) in [5.74, 6) is -0.883. The van der Waals surface area contributed by atoms with Crippen LogP contribution in [0.1, 0.15) is 33.1 Å². The van der Waals surface area contributed by atoms with E-state index in [1.54, 1.807) is 19.1 Å². The lowest BCUT2D eigenvalue weighted by atomic mass is 9.85. The summed E-state index contributed by atoms with van der Waals surface area (Å²) in [5.41, 5.74) is -1.50. The van der Waals surface area contributed by atoms with Gasteiger partial charge in [0.2, 0.25) is 0 Å². The van der Waals surface area contributed by atoms with Gasteiger partial charge in [-0.05, 0) is 26.2 Å². The molecule has 0 unspecified atom stereocenters. The number of benzene rings is 2. The highest BCUT2D eigenvalue weighted by Crippen LogP contribution is 2.50. The maximum atomic E-state index is 10.2. The number of hydrogen-bond acceptors (Lipinski definition) is 3. The van der Waals surface area contributed by atoms with Gasteiger partial charge in [-0.2, -0.15) is 0 Å². The number of rotatable bonds is 0. The smallest absolute Gasteiger partial charge is 0.135 e. The minimum atomic E-state index is -3.03. The Bertz CT molecular complexity index is 840. The molecule has 0 fully saturated rings. The second-order valence-electron chi connectivity index (χ2n) is 4.67. The van der Waals surface area contributed by atoms with Crippen LogP contribution in [0.25, 0.3) is 11.1 Å². The number of fused-ring (bicyclic) bond motifs is 3. The topological polar surface area (TPSA) is 49.7 Å². The zero-order chi connectivity index (χ0) is 18.8. The van der Waals surface area contributed by atoms with E-state index >= 15 is 0 Å². The Balaban J connectivity index is 2.48. The zero-order valence-corrected chi connectivity index (χ0v) is 10.2. The highest BCUT2D eigenvalue weighted by Gasteiger charge is 2.34. The molecule has 1 heterocycles. The highest BCUT2D eigenvalue weighted by molar-refractivity contribution is 5.82. The summed E-state index contributed by atoms with van der Waals surface area (Å²) >= 11 is 0. The van der Waals surface area contributed by atoms with Gasteiger partial charge in [0, 0.05) is 25.9 Å².